The monoisotopic (exact) mass is 326 g/mol. The second kappa shape index (κ2) is 6.77. The topological polar surface area (TPSA) is 70.5 Å². The molecule has 1 aromatic heterocycles. The minimum atomic E-state index is -0.917. The highest BCUT2D eigenvalue weighted by molar-refractivity contribution is 8.26. The van der Waals surface area contributed by atoms with E-state index in [2.05, 4.69) is 4.98 Å². The van der Waals surface area contributed by atoms with Gasteiger partial charge in [-0.25, -0.2) is 4.98 Å². The number of carboxylic acids is 1. The normalized spacial score (nSPS) is 16.8. The first-order valence-corrected chi connectivity index (χ1v) is 7.29. The summed E-state index contributed by atoms with van der Waals surface area (Å²) >= 11 is 6.20. The van der Waals surface area contributed by atoms with Crippen molar-refractivity contribution < 1.29 is 19.1 Å². The molecule has 5 nitrogen and oxygen atoms in total. The molecule has 110 valence electrons. The van der Waals surface area contributed by atoms with E-state index in [0.717, 1.165) is 11.8 Å². The Morgan fingerprint density at radius 3 is 2.95 bits per heavy atom. The highest BCUT2D eigenvalue weighted by Gasteiger charge is 2.31. The number of carbonyl (C=O) groups is 2. The molecule has 1 aromatic rings. The van der Waals surface area contributed by atoms with Gasteiger partial charge in [-0.15, -0.1) is 0 Å². The van der Waals surface area contributed by atoms with Crippen LogP contribution in [0.3, 0.4) is 0 Å². The SMILES string of the molecule is O=C(O)CCCN1C(=O)/C(=C/c2cccc(F)n2)SC1=S. The molecule has 0 saturated carbocycles. The Balaban J connectivity index is 2.08. The smallest absolute Gasteiger partial charge is 0.303 e. The third kappa shape index (κ3) is 4.08. The molecule has 1 aliphatic rings. The van der Waals surface area contributed by atoms with Gasteiger partial charge in [-0.05, 0) is 24.6 Å². The molecule has 1 saturated heterocycles. The molecule has 1 aliphatic heterocycles. The number of aliphatic carboxylic acids is 1. The third-order valence-electron chi connectivity index (χ3n) is 2.66. The number of rotatable bonds is 5. The van der Waals surface area contributed by atoms with E-state index in [1.54, 1.807) is 6.07 Å². The number of carbonyl (C=O) groups excluding carboxylic acids is 1. The Morgan fingerprint density at radius 1 is 1.52 bits per heavy atom. The maximum atomic E-state index is 13.0. The van der Waals surface area contributed by atoms with Crippen molar-refractivity contribution in [3.05, 3.63) is 34.7 Å². The number of hydrogen-bond acceptors (Lipinski definition) is 5. The lowest BCUT2D eigenvalue weighted by Gasteiger charge is -2.13. The maximum absolute atomic E-state index is 13.0. The quantitative estimate of drug-likeness (QED) is 0.508. The van der Waals surface area contributed by atoms with Crippen molar-refractivity contribution in [1.82, 2.24) is 9.88 Å². The molecule has 1 amide bonds. The lowest BCUT2D eigenvalue weighted by molar-refractivity contribution is -0.137. The van der Waals surface area contributed by atoms with Crippen LogP contribution in [0, 0.1) is 5.95 Å². The van der Waals surface area contributed by atoms with Gasteiger partial charge in [-0.2, -0.15) is 4.39 Å². The van der Waals surface area contributed by atoms with Gasteiger partial charge in [-0.3, -0.25) is 14.5 Å². The predicted octanol–water partition coefficient (Wildman–Crippen LogP) is 2.29. The van der Waals surface area contributed by atoms with E-state index in [9.17, 15) is 14.0 Å². The van der Waals surface area contributed by atoms with E-state index in [4.69, 9.17) is 17.3 Å². The van der Waals surface area contributed by atoms with Gasteiger partial charge in [0.05, 0.1) is 10.6 Å². The largest absolute Gasteiger partial charge is 0.481 e. The van der Waals surface area contributed by atoms with Crippen LogP contribution in [0.4, 0.5) is 4.39 Å². The first kappa shape index (κ1) is 15.6. The lowest BCUT2D eigenvalue weighted by Crippen LogP contribution is -2.29. The van der Waals surface area contributed by atoms with Crippen molar-refractivity contribution in [1.29, 1.82) is 0 Å². The third-order valence-corrected chi connectivity index (χ3v) is 4.04. The van der Waals surface area contributed by atoms with E-state index in [1.165, 1.54) is 23.1 Å². The van der Waals surface area contributed by atoms with E-state index in [1.807, 2.05) is 0 Å². The van der Waals surface area contributed by atoms with Crippen molar-refractivity contribution in [2.75, 3.05) is 6.54 Å². The predicted molar refractivity (Wildman–Crippen MR) is 80.9 cm³/mol. The van der Waals surface area contributed by atoms with Crippen LogP contribution in [0.25, 0.3) is 6.08 Å². The van der Waals surface area contributed by atoms with Gasteiger partial charge >= 0.3 is 5.97 Å². The molecule has 0 atom stereocenters. The Morgan fingerprint density at radius 2 is 2.29 bits per heavy atom. The molecule has 0 aromatic carbocycles. The molecule has 0 spiro atoms. The van der Waals surface area contributed by atoms with Crippen molar-refractivity contribution >= 4 is 46.3 Å². The summed E-state index contributed by atoms with van der Waals surface area (Å²) < 4.78 is 13.4. The Kier molecular flexibility index (Phi) is 5.03. The summed E-state index contributed by atoms with van der Waals surface area (Å²) in [5.41, 5.74) is 0.334. The number of halogens is 1. The Labute approximate surface area is 129 Å². The van der Waals surface area contributed by atoms with Gasteiger partial charge < -0.3 is 5.11 Å². The van der Waals surface area contributed by atoms with Gasteiger partial charge in [0.15, 0.2) is 0 Å². The summed E-state index contributed by atoms with van der Waals surface area (Å²) in [7, 11) is 0. The lowest BCUT2D eigenvalue weighted by atomic mass is 10.3. The zero-order valence-corrected chi connectivity index (χ0v) is 12.4. The highest BCUT2D eigenvalue weighted by atomic mass is 32.2. The fourth-order valence-electron chi connectivity index (χ4n) is 1.72. The van der Waals surface area contributed by atoms with Gasteiger partial charge in [0.1, 0.15) is 4.32 Å². The van der Waals surface area contributed by atoms with Gasteiger partial charge in [0.25, 0.3) is 5.91 Å². The van der Waals surface area contributed by atoms with Crippen molar-refractivity contribution in [2.24, 2.45) is 0 Å². The van der Waals surface area contributed by atoms with Crippen LogP contribution in [0.2, 0.25) is 0 Å². The average molecular weight is 326 g/mol. The molecular formula is C13H11FN2O3S2. The zero-order chi connectivity index (χ0) is 15.4. The van der Waals surface area contributed by atoms with Gasteiger partial charge in [0.2, 0.25) is 5.95 Å². The van der Waals surface area contributed by atoms with Crippen LogP contribution in [-0.4, -0.2) is 37.7 Å². The zero-order valence-electron chi connectivity index (χ0n) is 10.8. The minimum absolute atomic E-state index is 0.0262. The first-order valence-electron chi connectivity index (χ1n) is 6.07. The molecule has 0 radical (unpaired) electrons. The van der Waals surface area contributed by atoms with E-state index in [0.29, 0.717) is 21.3 Å². The number of pyridine rings is 1. The van der Waals surface area contributed by atoms with Gasteiger partial charge in [0, 0.05) is 13.0 Å². The molecule has 1 fully saturated rings. The maximum Gasteiger partial charge on any atom is 0.303 e. The standard InChI is InChI=1S/C13H11FN2O3S2/c14-10-4-1-3-8(15-10)7-9-12(19)16(13(20)21-9)6-2-5-11(17)18/h1,3-4,7H,2,5-6H2,(H,17,18)/b9-7-. The number of aromatic nitrogens is 1. The number of thioether (sulfide) groups is 1. The molecule has 2 rings (SSSR count). The summed E-state index contributed by atoms with van der Waals surface area (Å²) in [5, 5.41) is 8.60. The highest BCUT2D eigenvalue weighted by Crippen LogP contribution is 2.32. The molecule has 8 heteroatoms. The van der Waals surface area contributed by atoms with Crippen LogP contribution in [0.15, 0.2) is 23.1 Å². The molecule has 0 unspecified atom stereocenters. The fraction of sp³-hybridized carbons (Fsp3) is 0.231. The molecule has 0 aliphatic carbocycles. The molecular weight excluding hydrogens is 315 g/mol. The van der Waals surface area contributed by atoms with Crippen molar-refractivity contribution in [3.8, 4) is 0 Å². The fourth-order valence-corrected chi connectivity index (χ4v) is 3.01. The van der Waals surface area contributed by atoms with Crippen LogP contribution in [0.5, 0.6) is 0 Å². The molecule has 0 bridgehead atoms. The van der Waals surface area contributed by atoms with Crippen LogP contribution in [-0.2, 0) is 9.59 Å². The summed E-state index contributed by atoms with van der Waals surface area (Å²) in [6.07, 6.45) is 1.77. The number of thiocarbonyl (C=S) groups is 1. The van der Waals surface area contributed by atoms with Gasteiger partial charge in [-0.1, -0.05) is 30.0 Å². The Bertz CT molecular complexity index is 634. The van der Waals surface area contributed by atoms with Crippen molar-refractivity contribution in [3.63, 3.8) is 0 Å². The number of nitrogens with zero attached hydrogens (tertiary/aromatic N) is 2. The molecule has 1 N–H and O–H groups in total. The van der Waals surface area contributed by atoms with E-state index in [-0.39, 0.29) is 18.9 Å². The van der Waals surface area contributed by atoms with Crippen molar-refractivity contribution in [2.45, 2.75) is 12.8 Å². The van der Waals surface area contributed by atoms with E-state index < -0.39 is 11.9 Å². The molecule has 21 heavy (non-hydrogen) atoms. The summed E-state index contributed by atoms with van der Waals surface area (Å²) in [6, 6.07) is 4.30. The number of carboxylic acid groups (broad SMARTS) is 1. The number of amides is 1. The summed E-state index contributed by atoms with van der Waals surface area (Å²) in [6.45, 7) is 0.255. The second-order valence-electron chi connectivity index (χ2n) is 4.22. The first-order chi connectivity index (χ1) is 9.97. The van der Waals surface area contributed by atoms with Crippen LogP contribution < -0.4 is 0 Å². The van der Waals surface area contributed by atoms with Crippen LogP contribution >= 0.6 is 24.0 Å². The Hall–Kier alpha value is -1.80. The second-order valence-corrected chi connectivity index (χ2v) is 5.89. The summed E-state index contributed by atoms with van der Waals surface area (Å²) in [5.74, 6) is -1.85. The summed E-state index contributed by atoms with van der Waals surface area (Å²) in [4.78, 5) is 28.0. The average Bonchev–Trinajstić information content (AvgIpc) is 2.66. The van der Waals surface area contributed by atoms with Crippen LogP contribution in [0.1, 0.15) is 18.5 Å². The van der Waals surface area contributed by atoms with E-state index >= 15 is 0 Å². The number of hydrogen-bond donors (Lipinski definition) is 1. The minimum Gasteiger partial charge on any atom is -0.481 e. The molecule has 2 heterocycles.